The Labute approximate surface area is 105 Å². The summed E-state index contributed by atoms with van der Waals surface area (Å²) in [7, 11) is 1.66. The first-order chi connectivity index (χ1) is 7.99. The Hall–Kier alpha value is -1.54. The number of hydrogen-bond acceptors (Lipinski definition) is 1. The number of halogens is 1. The van der Waals surface area contributed by atoms with Crippen molar-refractivity contribution in [3.63, 3.8) is 0 Å². The second-order valence-corrected chi connectivity index (χ2v) is 4.67. The minimum Gasteiger partial charge on any atom is -0.302 e. The molecule has 0 bridgehead atoms. The van der Waals surface area contributed by atoms with E-state index in [0.29, 0.717) is 5.15 Å². The van der Waals surface area contributed by atoms with Crippen LogP contribution in [-0.2, 0) is 7.05 Å². The van der Waals surface area contributed by atoms with Crippen LogP contribution in [0.2, 0.25) is 5.15 Å². The number of nitrogens with zero attached hydrogens (tertiary/aromatic N) is 1. The van der Waals surface area contributed by atoms with Crippen LogP contribution in [0.4, 0.5) is 0 Å². The molecular formula is C14H14ClNO. The van der Waals surface area contributed by atoms with E-state index < -0.39 is 0 Å². The number of benzene rings is 1. The molecule has 17 heavy (non-hydrogen) atoms. The Kier molecular flexibility index (Phi) is 3.07. The molecule has 0 amide bonds. The van der Waals surface area contributed by atoms with Crippen LogP contribution < -0.4 is 5.56 Å². The Morgan fingerprint density at radius 1 is 1.12 bits per heavy atom. The third-order valence-electron chi connectivity index (χ3n) is 2.90. The third-order valence-corrected chi connectivity index (χ3v) is 3.26. The number of rotatable bonds is 1. The van der Waals surface area contributed by atoms with Crippen LogP contribution in [0.1, 0.15) is 11.1 Å². The Morgan fingerprint density at radius 3 is 2.41 bits per heavy atom. The quantitative estimate of drug-likeness (QED) is 0.709. The average molecular weight is 248 g/mol. The van der Waals surface area contributed by atoms with E-state index in [-0.39, 0.29) is 5.56 Å². The summed E-state index contributed by atoms with van der Waals surface area (Å²) >= 11 is 6.02. The molecule has 0 fully saturated rings. The van der Waals surface area contributed by atoms with Crippen molar-refractivity contribution >= 4 is 11.6 Å². The lowest BCUT2D eigenvalue weighted by Crippen LogP contribution is -2.16. The van der Waals surface area contributed by atoms with E-state index in [1.165, 1.54) is 10.1 Å². The number of aromatic nitrogens is 1. The summed E-state index contributed by atoms with van der Waals surface area (Å²) < 4.78 is 1.43. The van der Waals surface area contributed by atoms with Crippen molar-refractivity contribution in [3.8, 4) is 11.1 Å². The van der Waals surface area contributed by atoms with E-state index in [9.17, 15) is 4.79 Å². The number of hydrogen-bond donors (Lipinski definition) is 0. The Bertz CT molecular complexity index is 629. The molecule has 0 atom stereocenters. The van der Waals surface area contributed by atoms with Crippen LogP contribution in [0.25, 0.3) is 11.1 Å². The molecule has 2 aromatic rings. The molecule has 2 rings (SSSR count). The highest BCUT2D eigenvalue weighted by Gasteiger charge is 2.06. The van der Waals surface area contributed by atoms with Gasteiger partial charge in [-0.15, -0.1) is 0 Å². The predicted molar refractivity (Wildman–Crippen MR) is 71.6 cm³/mol. The molecule has 1 aromatic carbocycles. The summed E-state index contributed by atoms with van der Waals surface area (Å²) in [6.07, 6.45) is 0. The monoisotopic (exact) mass is 247 g/mol. The van der Waals surface area contributed by atoms with E-state index in [4.69, 9.17) is 11.6 Å². The molecule has 0 aliphatic rings. The van der Waals surface area contributed by atoms with E-state index in [0.717, 1.165) is 16.7 Å². The molecule has 0 saturated heterocycles. The highest BCUT2D eigenvalue weighted by molar-refractivity contribution is 6.29. The molecule has 1 heterocycles. The lowest BCUT2D eigenvalue weighted by atomic mass is 10.00. The summed E-state index contributed by atoms with van der Waals surface area (Å²) in [6.45, 7) is 4.08. The zero-order valence-corrected chi connectivity index (χ0v) is 10.9. The maximum atomic E-state index is 11.7. The van der Waals surface area contributed by atoms with Gasteiger partial charge in [-0.05, 0) is 36.6 Å². The fourth-order valence-electron chi connectivity index (χ4n) is 1.89. The third kappa shape index (κ3) is 2.27. The average Bonchev–Trinajstić information content (AvgIpc) is 2.25. The molecule has 0 aliphatic heterocycles. The van der Waals surface area contributed by atoms with Gasteiger partial charge in [0.1, 0.15) is 5.15 Å². The van der Waals surface area contributed by atoms with Gasteiger partial charge >= 0.3 is 0 Å². The van der Waals surface area contributed by atoms with Gasteiger partial charge in [0.2, 0.25) is 0 Å². The van der Waals surface area contributed by atoms with Crippen molar-refractivity contribution in [2.24, 2.45) is 7.05 Å². The molecule has 0 aliphatic carbocycles. The minimum absolute atomic E-state index is 0.0903. The highest BCUT2D eigenvalue weighted by Crippen LogP contribution is 2.24. The van der Waals surface area contributed by atoms with Gasteiger partial charge in [-0.2, -0.15) is 0 Å². The first kappa shape index (κ1) is 11.9. The summed E-state index contributed by atoms with van der Waals surface area (Å²) in [6, 6.07) is 9.59. The van der Waals surface area contributed by atoms with E-state index in [1.807, 2.05) is 32.0 Å². The smallest absolute Gasteiger partial charge is 0.252 e. The maximum absolute atomic E-state index is 11.7. The van der Waals surface area contributed by atoms with Crippen molar-refractivity contribution in [2.45, 2.75) is 13.8 Å². The zero-order valence-electron chi connectivity index (χ0n) is 10.1. The number of aryl methyl sites for hydroxylation is 2. The standard InChI is InChI=1S/C14H14ClNO/c1-9-4-5-12(10(2)6-9)11-7-13(15)16(3)14(17)8-11/h4-8H,1-3H3. The molecule has 1 aromatic heterocycles. The van der Waals surface area contributed by atoms with Crippen LogP contribution in [0.5, 0.6) is 0 Å². The zero-order chi connectivity index (χ0) is 12.6. The molecular weight excluding hydrogens is 234 g/mol. The van der Waals surface area contributed by atoms with Crippen molar-refractivity contribution in [3.05, 3.63) is 57.0 Å². The molecule has 0 N–H and O–H groups in total. The van der Waals surface area contributed by atoms with Crippen molar-refractivity contribution in [2.75, 3.05) is 0 Å². The largest absolute Gasteiger partial charge is 0.302 e. The highest BCUT2D eigenvalue weighted by atomic mass is 35.5. The molecule has 0 radical (unpaired) electrons. The van der Waals surface area contributed by atoms with Gasteiger partial charge in [-0.25, -0.2) is 0 Å². The van der Waals surface area contributed by atoms with Gasteiger partial charge in [0.05, 0.1) is 0 Å². The van der Waals surface area contributed by atoms with E-state index >= 15 is 0 Å². The van der Waals surface area contributed by atoms with E-state index in [2.05, 4.69) is 6.07 Å². The van der Waals surface area contributed by atoms with Gasteiger partial charge < -0.3 is 4.57 Å². The Morgan fingerprint density at radius 2 is 1.82 bits per heavy atom. The SMILES string of the molecule is Cc1ccc(-c2cc(Cl)n(C)c(=O)c2)c(C)c1. The van der Waals surface area contributed by atoms with Gasteiger partial charge in [-0.1, -0.05) is 35.4 Å². The fraction of sp³-hybridized carbons (Fsp3) is 0.214. The van der Waals surface area contributed by atoms with Crippen LogP contribution in [-0.4, -0.2) is 4.57 Å². The molecule has 0 saturated carbocycles. The topological polar surface area (TPSA) is 22.0 Å². The fourth-order valence-corrected chi connectivity index (χ4v) is 2.10. The lowest BCUT2D eigenvalue weighted by Gasteiger charge is -2.09. The van der Waals surface area contributed by atoms with Gasteiger partial charge in [0, 0.05) is 13.1 Å². The van der Waals surface area contributed by atoms with Crippen molar-refractivity contribution in [1.82, 2.24) is 4.57 Å². The van der Waals surface area contributed by atoms with Gasteiger partial charge in [-0.3, -0.25) is 4.79 Å². The van der Waals surface area contributed by atoms with Crippen LogP contribution in [0, 0.1) is 13.8 Å². The minimum atomic E-state index is -0.0903. The second-order valence-electron chi connectivity index (χ2n) is 4.28. The molecule has 88 valence electrons. The number of pyridine rings is 1. The summed E-state index contributed by atoms with van der Waals surface area (Å²) in [5.74, 6) is 0. The normalized spacial score (nSPS) is 10.6. The second kappa shape index (κ2) is 4.38. The van der Waals surface area contributed by atoms with Gasteiger partial charge in [0.15, 0.2) is 0 Å². The predicted octanol–water partition coefficient (Wildman–Crippen LogP) is 3.32. The lowest BCUT2D eigenvalue weighted by molar-refractivity contribution is 0.862. The molecule has 2 nitrogen and oxygen atoms in total. The van der Waals surface area contributed by atoms with Crippen molar-refractivity contribution < 1.29 is 0 Å². The summed E-state index contributed by atoms with van der Waals surface area (Å²) in [5.41, 5.74) is 4.19. The van der Waals surface area contributed by atoms with Crippen molar-refractivity contribution in [1.29, 1.82) is 0 Å². The first-order valence-corrected chi connectivity index (χ1v) is 5.81. The van der Waals surface area contributed by atoms with E-state index in [1.54, 1.807) is 13.1 Å². The van der Waals surface area contributed by atoms with Crippen LogP contribution >= 0.6 is 11.6 Å². The van der Waals surface area contributed by atoms with Gasteiger partial charge in [0.25, 0.3) is 5.56 Å². The summed E-state index contributed by atoms with van der Waals surface area (Å²) in [5, 5.41) is 0.451. The summed E-state index contributed by atoms with van der Waals surface area (Å²) in [4.78, 5) is 11.7. The van der Waals surface area contributed by atoms with Crippen LogP contribution in [0.15, 0.2) is 35.1 Å². The maximum Gasteiger partial charge on any atom is 0.252 e. The first-order valence-electron chi connectivity index (χ1n) is 5.43. The molecule has 0 spiro atoms. The molecule has 3 heteroatoms. The van der Waals surface area contributed by atoms with Crippen LogP contribution in [0.3, 0.4) is 0 Å². The Balaban J connectivity index is 2.65. The molecule has 0 unspecified atom stereocenters.